The van der Waals surface area contributed by atoms with Crippen LogP contribution >= 0.6 is 23.1 Å². The van der Waals surface area contributed by atoms with Crippen molar-refractivity contribution >= 4 is 40.1 Å². The molecule has 20 heavy (non-hydrogen) atoms. The average molecular weight is 313 g/mol. The summed E-state index contributed by atoms with van der Waals surface area (Å²) < 4.78 is 5.65. The summed E-state index contributed by atoms with van der Waals surface area (Å²) in [7, 11) is 0. The van der Waals surface area contributed by atoms with E-state index in [9.17, 15) is 9.59 Å². The van der Waals surface area contributed by atoms with Crippen molar-refractivity contribution in [3.8, 4) is 0 Å². The number of ether oxygens (including phenoxy) is 1. The minimum Gasteiger partial charge on any atom is -0.465 e. The average Bonchev–Trinajstić information content (AvgIpc) is 3.03. The third kappa shape index (κ3) is 2.80. The first-order chi connectivity index (χ1) is 9.69. The van der Waals surface area contributed by atoms with E-state index in [1.165, 1.54) is 23.1 Å². The zero-order valence-corrected chi connectivity index (χ0v) is 12.7. The molecular weight excluding hydrogens is 298 g/mol. The molecule has 1 amide bonds. The fraction of sp³-hybridized carbons (Fsp3) is 0.667. The summed E-state index contributed by atoms with van der Waals surface area (Å²) in [5.74, 6) is -0.101. The SMILES string of the molecule is CCC(=O)N(c1nnc(S[C@H]2CCOC2=O)s1)C1CC1. The molecule has 6 nitrogen and oxygen atoms in total. The Balaban J connectivity index is 1.71. The highest BCUT2D eigenvalue weighted by Gasteiger charge is 2.36. The monoisotopic (exact) mass is 313 g/mol. The predicted molar refractivity (Wildman–Crippen MR) is 75.9 cm³/mol. The Morgan fingerprint density at radius 1 is 1.45 bits per heavy atom. The van der Waals surface area contributed by atoms with Gasteiger partial charge >= 0.3 is 5.97 Å². The molecular formula is C12H15N3O3S2. The minimum absolute atomic E-state index is 0.0838. The third-order valence-corrected chi connectivity index (χ3v) is 5.47. The van der Waals surface area contributed by atoms with Crippen LogP contribution < -0.4 is 4.90 Å². The number of amides is 1. The second kappa shape index (κ2) is 5.69. The number of carbonyl (C=O) groups excluding carboxylic acids is 2. The number of cyclic esters (lactones) is 1. The van der Waals surface area contributed by atoms with Gasteiger partial charge in [0.1, 0.15) is 5.25 Å². The normalized spacial score (nSPS) is 21.9. The summed E-state index contributed by atoms with van der Waals surface area (Å²) in [4.78, 5) is 25.2. The van der Waals surface area contributed by atoms with Crippen molar-refractivity contribution in [3.05, 3.63) is 0 Å². The number of rotatable bonds is 5. The topological polar surface area (TPSA) is 72.4 Å². The Kier molecular flexibility index (Phi) is 3.93. The first-order valence-electron chi connectivity index (χ1n) is 6.68. The number of aromatic nitrogens is 2. The van der Waals surface area contributed by atoms with Crippen LogP contribution in [0.2, 0.25) is 0 Å². The summed E-state index contributed by atoms with van der Waals surface area (Å²) in [6.07, 6.45) is 3.23. The van der Waals surface area contributed by atoms with E-state index in [1.54, 1.807) is 4.90 Å². The van der Waals surface area contributed by atoms with Crippen LogP contribution in [0.25, 0.3) is 0 Å². The van der Waals surface area contributed by atoms with Gasteiger partial charge in [0.05, 0.1) is 6.61 Å². The summed E-state index contributed by atoms with van der Waals surface area (Å²) in [6.45, 7) is 2.33. The summed E-state index contributed by atoms with van der Waals surface area (Å²) in [5.41, 5.74) is 0. The molecule has 1 aliphatic heterocycles. The van der Waals surface area contributed by atoms with Crippen molar-refractivity contribution in [2.24, 2.45) is 0 Å². The molecule has 1 atom stereocenters. The Labute approximate surface area is 124 Å². The number of esters is 1. The Morgan fingerprint density at radius 2 is 2.25 bits per heavy atom. The Hall–Kier alpha value is -1.15. The fourth-order valence-electron chi connectivity index (χ4n) is 2.02. The molecule has 0 spiro atoms. The second-order valence-corrected chi connectivity index (χ2v) is 7.17. The molecule has 1 aromatic rings. The van der Waals surface area contributed by atoms with Gasteiger partial charge in [-0.05, 0) is 12.8 Å². The van der Waals surface area contributed by atoms with Crippen molar-refractivity contribution in [2.75, 3.05) is 11.5 Å². The van der Waals surface area contributed by atoms with Crippen LogP contribution in [0.5, 0.6) is 0 Å². The van der Waals surface area contributed by atoms with Gasteiger partial charge in [0.15, 0.2) is 4.34 Å². The van der Waals surface area contributed by atoms with E-state index < -0.39 is 0 Å². The van der Waals surface area contributed by atoms with Crippen molar-refractivity contribution in [2.45, 2.75) is 48.2 Å². The van der Waals surface area contributed by atoms with E-state index in [0.717, 1.165) is 17.2 Å². The smallest absolute Gasteiger partial charge is 0.319 e. The second-order valence-electron chi connectivity index (χ2n) is 4.76. The molecule has 0 N–H and O–H groups in total. The Bertz CT molecular complexity index is 530. The maximum absolute atomic E-state index is 12.0. The van der Waals surface area contributed by atoms with Crippen LogP contribution in [0.3, 0.4) is 0 Å². The van der Waals surface area contributed by atoms with Gasteiger partial charge in [-0.2, -0.15) is 0 Å². The fourth-order valence-corrected chi connectivity index (χ4v) is 4.17. The largest absolute Gasteiger partial charge is 0.465 e. The molecule has 0 aromatic carbocycles. The van der Waals surface area contributed by atoms with Crippen molar-refractivity contribution in [3.63, 3.8) is 0 Å². The third-order valence-electron chi connectivity index (χ3n) is 3.22. The number of carbonyl (C=O) groups is 2. The summed E-state index contributed by atoms with van der Waals surface area (Å²) >= 11 is 2.76. The van der Waals surface area contributed by atoms with Crippen molar-refractivity contribution < 1.29 is 14.3 Å². The van der Waals surface area contributed by atoms with Gasteiger partial charge in [0.2, 0.25) is 11.0 Å². The number of hydrogen-bond acceptors (Lipinski definition) is 7. The minimum atomic E-state index is -0.188. The van der Waals surface area contributed by atoms with Gasteiger partial charge < -0.3 is 4.74 Å². The highest BCUT2D eigenvalue weighted by Crippen LogP contribution is 2.38. The lowest BCUT2D eigenvalue weighted by atomic mass is 10.4. The summed E-state index contributed by atoms with van der Waals surface area (Å²) in [5, 5.41) is 8.66. The van der Waals surface area contributed by atoms with Gasteiger partial charge in [-0.25, -0.2) is 0 Å². The standard InChI is InChI=1S/C12H15N3O3S2/c1-2-9(16)15(7-3-4-7)11-13-14-12(20-11)19-8-5-6-18-10(8)17/h7-8H,2-6H2,1H3/t8-/m0/s1. The molecule has 8 heteroatoms. The van der Waals surface area contributed by atoms with Crippen molar-refractivity contribution in [1.29, 1.82) is 0 Å². The van der Waals surface area contributed by atoms with E-state index in [2.05, 4.69) is 10.2 Å². The highest BCUT2D eigenvalue weighted by atomic mass is 32.2. The molecule has 0 bridgehead atoms. The predicted octanol–water partition coefficient (Wildman–Crippen LogP) is 1.85. The van der Waals surface area contributed by atoms with Crippen LogP contribution in [-0.4, -0.2) is 40.0 Å². The van der Waals surface area contributed by atoms with E-state index in [1.807, 2.05) is 6.92 Å². The first kappa shape index (κ1) is 13.8. The van der Waals surface area contributed by atoms with E-state index in [4.69, 9.17) is 4.74 Å². The zero-order valence-electron chi connectivity index (χ0n) is 11.1. The highest BCUT2D eigenvalue weighted by molar-refractivity contribution is 8.02. The van der Waals surface area contributed by atoms with Gasteiger partial charge in [0, 0.05) is 18.9 Å². The molecule has 1 saturated carbocycles. The molecule has 0 unspecified atom stereocenters. The molecule has 2 fully saturated rings. The van der Waals surface area contributed by atoms with Gasteiger partial charge in [-0.3, -0.25) is 14.5 Å². The maximum atomic E-state index is 12.0. The van der Waals surface area contributed by atoms with Gasteiger partial charge in [-0.15, -0.1) is 10.2 Å². The lowest BCUT2D eigenvalue weighted by Gasteiger charge is -2.17. The van der Waals surface area contributed by atoms with Crippen LogP contribution in [0.15, 0.2) is 4.34 Å². The zero-order chi connectivity index (χ0) is 14.1. The van der Waals surface area contributed by atoms with E-state index in [0.29, 0.717) is 24.6 Å². The van der Waals surface area contributed by atoms with Crippen LogP contribution in [0.4, 0.5) is 5.13 Å². The number of thioether (sulfide) groups is 1. The molecule has 1 saturated heterocycles. The molecule has 2 heterocycles. The quantitative estimate of drug-likeness (QED) is 0.610. The number of anilines is 1. The van der Waals surface area contributed by atoms with E-state index >= 15 is 0 Å². The lowest BCUT2D eigenvalue weighted by molar-refractivity contribution is -0.137. The molecule has 3 rings (SSSR count). The van der Waals surface area contributed by atoms with Gasteiger partial charge in [0.25, 0.3) is 0 Å². The molecule has 2 aliphatic rings. The number of nitrogens with zero attached hydrogens (tertiary/aromatic N) is 3. The van der Waals surface area contributed by atoms with Crippen molar-refractivity contribution in [1.82, 2.24) is 10.2 Å². The van der Waals surface area contributed by atoms with Gasteiger partial charge in [-0.1, -0.05) is 30.0 Å². The van der Waals surface area contributed by atoms with Crippen LogP contribution in [0.1, 0.15) is 32.6 Å². The maximum Gasteiger partial charge on any atom is 0.319 e. The lowest BCUT2D eigenvalue weighted by Crippen LogP contribution is -2.32. The summed E-state index contributed by atoms with van der Waals surface area (Å²) in [6, 6.07) is 0.282. The number of hydrogen-bond donors (Lipinski definition) is 0. The Morgan fingerprint density at radius 3 is 2.85 bits per heavy atom. The van der Waals surface area contributed by atoms with E-state index in [-0.39, 0.29) is 23.2 Å². The van der Waals surface area contributed by atoms with Crippen LogP contribution in [0, 0.1) is 0 Å². The molecule has 1 aliphatic carbocycles. The molecule has 1 aromatic heterocycles. The molecule has 108 valence electrons. The first-order valence-corrected chi connectivity index (χ1v) is 8.37. The molecule has 0 radical (unpaired) electrons. The van der Waals surface area contributed by atoms with Crippen LogP contribution in [-0.2, 0) is 14.3 Å².